The molecule has 0 aliphatic rings. The molecule has 146 valence electrons. The average molecular weight is 418 g/mol. The summed E-state index contributed by atoms with van der Waals surface area (Å²) in [7, 11) is 1.52. The van der Waals surface area contributed by atoms with Gasteiger partial charge >= 0.3 is 0 Å². The van der Waals surface area contributed by atoms with Crippen molar-refractivity contribution in [3.05, 3.63) is 57.8 Å². The van der Waals surface area contributed by atoms with Crippen LogP contribution in [0.1, 0.15) is 19.9 Å². The number of carbonyl (C=O) groups is 1. The Balaban J connectivity index is 1.83. The second kappa shape index (κ2) is 8.67. The number of hydrogen-bond acceptors (Lipinski definition) is 5. The summed E-state index contributed by atoms with van der Waals surface area (Å²) >= 11 is 7.21. The fourth-order valence-electron chi connectivity index (χ4n) is 2.78. The van der Waals surface area contributed by atoms with Gasteiger partial charge in [0.2, 0.25) is 5.91 Å². The minimum Gasteiger partial charge on any atom is -0.495 e. The predicted molar refractivity (Wildman–Crippen MR) is 114 cm³/mol. The van der Waals surface area contributed by atoms with Gasteiger partial charge < -0.3 is 10.1 Å². The number of methoxy groups -OCH3 is 1. The van der Waals surface area contributed by atoms with E-state index in [2.05, 4.69) is 10.3 Å². The van der Waals surface area contributed by atoms with Crippen molar-refractivity contribution in [3.8, 4) is 5.75 Å². The molecule has 3 aromatic rings. The molecule has 0 atom stereocenters. The summed E-state index contributed by atoms with van der Waals surface area (Å²) in [5, 5.41) is 4.35. The second-order valence-electron chi connectivity index (χ2n) is 6.36. The summed E-state index contributed by atoms with van der Waals surface area (Å²) in [5.74, 6) is 0.363. The molecule has 6 nitrogen and oxygen atoms in total. The fraction of sp³-hybridized carbons (Fsp3) is 0.250. The van der Waals surface area contributed by atoms with Gasteiger partial charge in [0.15, 0.2) is 5.16 Å². The second-order valence-corrected chi connectivity index (χ2v) is 7.74. The highest BCUT2D eigenvalue weighted by atomic mass is 35.5. The molecule has 28 heavy (non-hydrogen) atoms. The molecule has 0 aliphatic heterocycles. The largest absolute Gasteiger partial charge is 0.495 e. The Labute approximate surface area is 171 Å². The molecular weight excluding hydrogens is 398 g/mol. The lowest BCUT2D eigenvalue weighted by Gasteiger charge is -2.16. The lowest BCUT2D eigenvalue weighted by atomic mass is 10.2. The van der Waals surface area contributed by atoms with E-state index in [9.17, 15) is 9.59 Å². The molecule has 0 aliphatic carbocycles. The Morgan fingerprint density at radius 2 is 2.04 bits per heavy atom. The van der Waals surface area contributed by atoms with Gasteiger partial charge in [-0.2, -0.15) is 0 Å². The van der Waals surface area contributed by atoms with Gasteiger partial charge in [0, 0.05) is 11.1 Å². The maximum atomic E-state index is 12.8. The van der Waals surface area contributed by atoms with Crippen LogP contribution >= 0.6 is 23.4 Å². The van der Waals surface area contributed by atoms with Crippen molar-refractivity contribution >= 4 is 45.9 Å². The number of nitrogens with one attached hydrogen (secondary N) is 1. The van der Waals surface area contributed by atoms with Crippen LogP contribution in [0.15, 0.2) is 52.4 Å². The topological polar surface area (TPSA) is 73.2 Å². The molecule has 3 rings (SSSR count). The Morgan fingerprint density at radius 3 is 2.75 bits per heavy atom. The standard InChI is InChI=1S/C20H20ClN3O3S/c1-12(2)24-19(26)14-6-4-5-7-15(14)23-20(24)28-11-18(25)22-16-10-13(21)8-9-17(16)27-3/h4-10,12H,11H2,1-3H3,(H,22,25). The lowest BCUT2D eigenvalue weighted by molar-refractivity contribution is -0.113. The number of aromatic nitrogens is 2. The van der Waals surface area contributed by atoms with Crippen molar-refractivity contribution in [1.29, 1.82) is 0 Å². The molecule has 0 unspecified atom stereocenters. The van der Waals surface area contributed by atoms with E-state index in [0.717, 1.165) is 0 Å². The van der Waals surface area contributed by atoms with Crippen LogP contribution in [0.25, 0.3) is 10.9 Å². The van der Waals surface area contributed by atoms with Crippen molar-refractivity contribution in [1.82, 2.24) is 9.55 Å². The number of carbonyl (C=O) groups excluding carboxylic acids is 1. The Hall–Kier alpha value is -2.51. The molecule has 1 heterocycles. The van der Waals surface area contributed by atoms with Gasteiger partial charge in [0.25, 0.3) is 5.56 Å². The molecule has 1 N–H and O–H groups in total. The van der Waals surface area contributed by atoms with E-state index in [1.54, 1.807) is 34.9 Å². The quantitative estimate of drug-likeness (QED) is 0.476. The third-order valence-corrected chi connectivity index (χ3v) is 5.25. The number of amides is 1. The van der Waals surface area contributed by atoms with Crippen LogP contribution in [0.3, 0.4) is 0 Å². The lowest BCUT2D eigenvalue weighted by Crippen LogP contribution is -2.25. The first kappa shape index (κ1) is 20.2. The Morgan fingerprint density at radius 1 is 1.29 bits per heavy atom. The average Bonchev–Trinajstić information content (AvgIpc) is 2.66. The van der Waals surface area contributed by atoms with Gasteiger partial charge in [-0.15, -0.1) is 0 Å². The van der Waals surface area contributed by atoms with Crippen LogP contribution in [-0.2, 0) is 4.79 Å². The number of para-hydroxylation sites is 1. The Bertz CT molecular complexity index is 1080. The van der Waals surface area contributed by atoms with Crippen molar-refractivity contribution in [2.45, 2.75) is 25.0 Å². The maximum Gasteiger partial charge on any atom is 0.262 e. The summed E-state index contributed by atoms with van der Waals surface area (Å²) < 4.78 is 6.85. The first-order valence-corrected chi connectivity index (χ1v) is 10.0. The Kier molecular flexibility index (Phi) is 6.26. The van der Waals surface area contributed by atoms with Gasteiger partial charge in [0.1, 0.15) is 5.75 Å². The molecule has 2 aromatic carbocycles. The zero-order valence-corrected chi connectivity index (χ0v) is 17.3. The third kappa shape index (κ3) is 4.31. The number of fused-ring (bicyclic) bond motifs is 1. The van der Waals surface area contributed by atoms with E-state index >= 15 is 0 Å². The van der Waals surface area contributed by atoms with Crippen LogP contribution in [0, 0.1) is 0 Å². The summed E-state index contributed by atoms with van der Waals surface area (Å²) in [4.78, 5) is 29.9. The summed E-state index contributed by atoms with van der Waals surface area (Å²) in [6.07, 6.45) is 0. The van der Waals surface area contributed by atoms with E-state index in [-0.39, 0.29) is 23.3 Å². The van der Waals surface area contributed by atoms with E-state index in [1.165, 1.54) is 18.9 Å². The predicted octanol–water partition coefficient (Wildman–Crippen LogP) is 4.37. The number of rotatable bonds is 6. The van der Waals surface area contributed by atoms with Crippen LogP contribution in [0.5, 0.6) is 5.75 Å². The van der Waals surface area contributed by atoms with Crippen LogP contribution in [0.2, 0.25) is 5.02 Å². The summed E-state index contributed by atoms with van der Waals surface area (Å²) in [5.41, 5.74) is 0.997. The molecule has 8 heteroatoms. The zero-order chi connectivity index (χ0) is 20.3. The highest BCUT2D eigenvalue weighted by Gasteiger charge is 2.16. The first-order valence-electron chi connectivity index (χ1n) is 8.68. The normalized spacial score (nSPS) is 11.0. The molecule has 1 aromatic heterocycles. The molecule has 0 saturated heterocycles. The minimum absolute atomic E-state index is 0.0804. The van der Waals surface area contributed by atoms with Gasteiger partial charge in [-0.1, -0.05) is 35.5 Å². The fourth-order valence-corrected chi connectivity index (χ4v) is 3.88. The number of halogens is 1. The monoisotopic (exact) mass is 417 g/mol. The molecule has 0 saturated carbocycles. The smallest absolute Gasteiger partial charge is 0.262 e. The van der Waals surface area contributed by atoms with Crippen LogP contribution in [0.4, 0.5) is 5.69 Å². The van der Waals surface area contributed by atoms with Gasteiger partial charge in [-0.25, -0.2) is 4.98 Å². The number of nitrogens with zero attached hydrogens (tertiary/aromatic N) is 2. The van der Waals surface area contributed by atoms with E-state index in [4.69, 9.17) is 16.3 Å². The van der Waals surface area contributed by atoms with Gasteiger partial charge in [0.05, 0.1) is 29.5 Å². The minimum atomic E-state index is -0.247. The SMILES string of the molecule is COc1ccc(Cl)cc1NC(=O)CSc1nc2ccccc2c(=O)n1C(C)C. The number of thioether (sulfide) groups is 1. The third-order valence-electron chi connectivity index (χ3n) is 4.06. The number of ether oxygens (including phenoxy) is 1. The number of benzene rings is 2. The summed E-state index contributed by atoms with van der Waals surface area (Å²) in [6, 6.07) is 12.1. The van der Waals surface area contributed by atoms with Crippen LogP contribution in [-0.4, -0.2) is 28.3 Å². The van der Waals surface area contributed by atoms with Crippen molar-refractivity contribution < 1.29 is 9.53 Å². The van der Waals surface area contributed by atoms with Crippen molar-refractivity contribution in [2.24, 2.45) is 0 Å². The van der Waals surface area contributed by atoms with E-state index < -0.39 is 0 Å². The first-order chi connectivity index (χ1) is 13.4. The van der Waals surface area contributed by atoms with E-state index in [1.807, 2.05) is 26.0 Å². The van der Waals surface area contributed by atoms with Crippen molar-refractivity contribution in [2.75, 3.05) is 18.2 Å². The molecule has 1 amide bonds. The molecular formula is C20H20ClN3O3S. The highest BCUT2D eigenvalue weighted by Crippen LogP contribution is 2.28. The summed E-state index contributed by atoms with van der Waals surface area (Å²) in [6.45, 7) is 3.83. The van der Waals surface area contributed by atoms with E-state index in [0.29, 0.717) is 32.5 Å². The molecule has 0 radical (unpaired) electrons. The van der Waals surface area contributed by atoms with Crippen molar-refractivity contribution in [3.63, 3.8) is 0 Å². The highest BCUT2D eigenvalue weighted by molar-refractivity contribution is 7.99. The molecule has 0 spiro atoms. The van der Waals surface area contributed by atoms with Crippen LogP contribution < -0.4 is 15.6 Å². The molecule has 0 fully saturated rings. The maximum absolute atomic E-state index is 12.8. The van der Waals surface area contributed by atoms with Gasteiger partial charge in [-0.05, 0) is 44.2 Å². The number of hydrogen-bond donors (Lipinski definition) is 1. The zero-order valence-electron chi connectivity index (χ0n) is 15.7. The van der Waals surface area contributed by atoms with Gasteiger partial charge in [-0.3, -0.25) is 14.2 Å². The number of anilines is 1. The molecule has 0 bridgehead atoms.